The summed E-state index contributed by atoms with van der Waals surface area (Å²) in [5.41, 5.74) is 0.230. The molecule has 37 heavy (non-hydrogen) atoms. The summed E-state index contributed by atoms with van der Waals surface area (Å²) in [6.45, 7) is 1.41. The van der Waals surface area contributed by atoms with E-state index in [1.807, 2.05) is 0 Å². The van der Waals surface area contributed by atoms with Crippen molar-refractivity contribution < 1.29 is 35.6 Å². The van der Waals surface area contributed by atoms with Crippen molar-refractivity contribution in [1.29, 1.82) is 0 Å². The molecule has 3 atom stereocenters. The molecule has 4 heterocycles. The van der Waals surface area contributed by atoms with E-state index in [1.54, 1.807) is 10.4 Å². The summed E-state index contributed by atoms with van der Waals surface area (Å²) in [4.78, 5) is 12.7. The van der Waals surface area contributed by atoms with Crippen LogP contribution in [0.4, 0.5) is 13.2 Å². The first kappa shape index (κ1) is 26.9. The Morgan fingerprint density at radius 3 is 2.32 bits per heavy atom. The third-order valence-corrected chi connectivity index (χ3v) is 10.8. The lowest BCUT2D eigenvalue weighted by Crippen LogP contribution is -2.55. The van der Waals surface area contributed by atoms with Gasteiger partial charge in [0.25, 0.3) is 5.91 Å². The summed E-state index contributed by atoms with van der Waals surface area (Å²) < 4.78 is 76.3. The first-order chi connectivity index (χ1) is 17.6. The van der Waals surface area contributed by atoms with Crippen molar-refractivity contribution in [2.45, 2.75) is 106 Å². The summed E-state index contributed by atoms with van der Waals surface area (Å²) in [7, 11) is -3.49. The van der Waals surface area contributed by atoms with Crippen molar-refractivity contribution in [3.05, 3.63) is 17.5 Å². The van der Waals surface area contributed by atoms with Gasteiger partial charge in [-0.3, -0.25) is 4.79 Å². The third kappa shape index (κ3) is 6.15. The van der Waals surface area contributed by atoms with Crippen LogP contribution in [-0.2, 0) is 14.8 Å². The number of amides is 1. The normalized spacial score (nSPS) is 31.3. The molecule has 208 valence electrons. The average molecular weight is 549 g/mol. The summed E-state index contributed by atoms with van der Waals surface area (Å²) >= 11 is 0. The van der Waals surface area contributed by atoms with Crippen molar-refractivity contribution >= 4 is 15.9 Å². The molecule has 1 unspecified atom stereocenters. The van der Waals surface area contributed by atoms with Crippen LogP contribution in [0.2, 0.25) is 0 Å². The number of carbonyl (C=O) groups excluding carboxylic acids is 1. The van der Waals surface area contributed by atoms with E-state index in [1.165, 1.54) is 0 Å². The Hall–Kier alpha value is -1.70. The Morgan fingerprint density at radius 1 is 1.05 bits per heavy atom. The predicted octanol–water partition coefficient (Wildman–Crippen LogP) is 3.09. The molecule has 1 aromatic heterocycles. The number of hydrogen-bond donors (Lipinski definition) is 2. The zero-order valence-corrected chi connectivity index (χ0v) is 21.5. The molecule has 5 rings (SSSR count). The minimum atomic E-state index is -4.14. The highest BCUT2D eigenvalue weighted by Gasteiger charge is 2.49. The highest BCUT2D eigenvalue weighted by molar-refractivity contribution is 7.89. The Labute approximate surface area is 214 Å². The molecule has 3 saturated heterocycles. The predicted molar refractivity (Wildman–Crippen MR) is 127 cm³/mol. The van der Waals surface area contributed by atoms with Crippen molar-refractivity contribution in [2.75, 3.05) is 19.8 Å². The van der Waals surface area contributed by atoms with Gasteiger partial charge in [-0.25, -0.2) is 8.42 Å². The van der Waals surface area contributed by atoms with Crippen molar-refractivity contribution in [3.8, 4) is 0 Å². The van der Waals surface area contributed by atoms with Crippen LogP contribution in [-0.4, -0.2) is 79.1 Å². The monoisotopic (exact) mass is 548 g/mol. The van der Waals surface area contributed by atoms with E-state index in [2.05, 4.69) is 15.8 Å². The first-order valence-corrected chi connectivity index (χ1v) is 14.8. The number of fused-ring (bicyclic) bond motifs is 2. The van der Waals surface area contributed by atoms with E-state index >= 15 is 0 Å². The summed E-state index contributed by atoms with van der Waals surface area (Å²) in [5, 5.41) is 9.61. The zero-order valence-electron chi connectivity index (χ0n) is 20.7. The fourth-order valence-corrected chi connectivity index (χ4v) is 8.67. The number of carbonyl (C=O) groups is 1. The van der Waals surface area contributed by atoms with Gasteiger partial charge in [0, 0.05) is 36.7 Å². The van der Waals surface area contributed by atoms with E-state index < -0.39 is 27.9 Å². The van der Waals surface area contributed by atoms with Crippen LogP contribution < -0.4 is 10.6 Å². The number of nitrogens with one attached hydrogen (secondary N) is 2. The van der Waals surface area contributed by atoms with Gasteiger partial charge < -0.3 is 19.9 Å². The second-order valence-corrected chi connectivity index (χ2v) is 13.0. The molecule has 1 aromatic rings. The van der Waals surface area contributed by atoms with Crippen molar-refractivity contribution in [1.82, 2.24) is 20.1 Å². The molecule has 13 heteroatoms. The molecule has 1 saturated carbocycles. The number of alkyl halides is 3. The summed E-state index contributed by atoms with van der Waals surface area (Å²) in [6, 6.07) is 1.32. The number of aromatic nitrogens is 1. The molecule has 4 fully saturated rings. The fraction of sp³-hybridized carbons (Fsp3) is 0.833. The van der Waals surface area contributed by atoms with Crippen LogP contribution in [0.1, 0.15) is 86.4 Å². The van der Waals surface area contributed by atoms with Gasteiger partial charge in [0.2, 0.25) is 10.0 Å². The van der Waals surface area contributed by atoms with Gasteiger partial charge in [0.05, 0.1) is 24.4 Å². The minimum absolute atomic E-state index is 0.0316. The molecular weight excluding hydrogens is 513 g/mol. The SMILES string of the molecule is O=C(NC1C[C@H]2CC[C@@H](C1)N2S(=O)(=O)C1CCC(NCCCC(F)(F)F)CC1)c1cc(C2COC2)on1. The lowest BCUT2D eigenvalue weighted by atomic mass is 9.95. The number of piperidine rings is 1. The third-order valence-electron chi connectivity index (χ3n) is 8.26. The van der Waals surface area contributed by atoms with Gasteiger partial charge in [-0.2, -0.15) is 17.5 Å². The van der Waals surface area contributed by atoms with E-state index in [0.29, 0.717) is 57.5 Å². The van der Waals surface area contributed by atoms with Gasteiger partial charge in [-0.05, 0) is 64.3 Å². The quantitative estimate of drug-likeness (QED) is 0.456. The number of nitrogens with zero attached hydrogens (tertiary/aromatic N) is 2. The molecule has 2 N–H and O–H groups in total. The average Bonchev–Trinajstić information content (AvgIpc) is 3.39. The van der Waals surface area contributed by atoms with Crippen LogP contribution in [0.15, 0.2) is 10.6 Å². The van der Waals surface area contributed by atoms with Crippen LogP contribution in [0, 0.1) is 0 Å². The maximum Gasteiger partial charge on any atom is 0.389 e. The van der Waals surface area contributed by atoms with E-state index in [4.69, 9.17) is 9.26 Å². The van der Waals surface area contributed by atoms with E-state index in [9.17, 15) is 26.4 Å². The van der Waals surface area contributed by atoms with E-state index in [-0.39, 0.29) is 54.7 Å². The highest BCUT2D eigenvalue weighted by atomic mass is 32.2. The lowest BCUT2D eigenvalue weighted by molar-refractivity contribution is -0.135. The van der Waals surface area contributed by atoms with Crippen LogP contribution in [0.5, 0.6) is 0 Å². The Bertz CT molecular complexity index is 1040. The van der Waals surface area contributed by atoms with Crippen molar-refractivity contribution in [2.24, 2.45) is 0 Å². The molecule has 2 bridgehead atoms. The maximum atomic E-state index is 13.6. The number of sulfonamides is 1. The smallest absolute Gasteiger partial charge is 0.380 e. The molecule has 9 nitrogen and oxygen atoms in total. The van der Waals surface area contributed by atoms with Gasteiger partial charge in [0.15, 0.2) is 5.69 Å². The molecule has 4 aliphatic rings. The number of hydrogen-bond acceptors (Lipinski definition) is 7. The van der Waals surface area contributed by atoms with Crippen LogP contribution in [0.25, 0.3) is 0 Å². The van der Waals surface area contributed by atoms with Gasteiger partial charge >= 0.3 is 6.18 Å². The summed E-state index contributed by atoms with van der Waals surface area (Å²) in [6.07, 6.45) is 0.0822. The molecule has 1 amide bonds. The van der Waals surface area contributed by atoms with Crippen molar-refractivity contribution in [3.63, 3.8) is 0 Å². The van der Waals surface area contributed by atoms with Gasteiger partial charge in [0.1, 0.15) is 5.76 Å². The van der Waals surface area contributed by atoms with Crippen LogP contribution in [0.3, 0.4) is 0 Å². The fourth-order valence-electron chi connectivity index (χ4n) is 6.25. The number of halogens is 3. The van der Waals surface area contributed by atoms with E-state index in [0.717, 1.165) is 12.8 Å². The molecular formula is C24H35F3N4O5S. The second-order valence-electron chi connectivity index (χ2n) is 10.9. The molecule has 0 spiro atoms. The van der Waals surface area contributed by atoms with Gasteiger partial charge in [-0.1, -0.05) is 5.16 Å². The Balaban J connectivity index is 1.10. The van der Waals surface area contributed by atoms with Gasteiger partial charge in [-0.15, -0.1) is 0 Å². The molecule has 0 radical (unpaired) electrons. The minimum Gasteiger partial charge on any atom is -0.380 e. The molecule has 3 aliphatic heterocycles. The first-order valence-electron chi connectivity index (χ1n) is 13.3. The number of ether oxygens (including phenoxy) is 1. The zero-order chi connectivity index (χ0) is 26.2. The Morgan fingerprint density at radius 2 is 1.73 bits per heavy atom. The topological polar surface area (TPSA) is 114 Å². The maximum absolute atomic E-state index is 13.6. The second kappa shape index (κ2) is 10.8. The standard InChI is InChI=1S/C24H35F3N4O5S/c25-24(26,27)8-1-9-28-16-2-6-20(7-3-16)37(33,34)31-18-4-5-19(31)11-17(10-18)29-23(32)21-12-22(36-30-21)15-13-35-14-15/h12,15-20,28H,1-11,13-14H2,(H,29,32)/t16?,17?,18-,19+,20?. The Kier molecular flexibility index (Phi) is 7.86. The molecule has 1 aliphatic carbocycles. The van der Waals surface area contributed by atoms with Crippen LogP contribution >= 0.6 is 0 Å². The lowest BCUT2D eigenvalue weighted by Gasteiger charge is -2.41. The molecule has 0 aromatic carbocycles. The summed E-state index contributed by atoms with van der Waals surface area (Å²) in [5.74, 6) is 0.471. The largest absolute Gasteiger partial charge is 0.389 e. The highest BCUT2D eigenvalue weighted by Crippen LogP contribution is 2.41. The number of rotatable bonds is 9.